The van der Waals surface area contributed by atoms with Gasteiger partial charge in [-0.1, -0.05) is 0 Å². The quantitative estimate of drug-likeness (QED) is 0.862. The fraction of sp³-hybridized carbons (Fsp3) is 0.231. The number of benzene rings is 1. The third-order valence-electron chi connectivity index (χ3n) is 2.68. The molecule has 0 atom stereocenters. The summed E-state index contributed by atoms with van der Waals surface area (Å²) in [5.41, 5.74) is 6.28. The summed E-state index contributed by atoms with van der Waals surface area (Å²) in [6.07, 6.45) is 1.77. The number of nitrogens with zero attached hydrogens (tertiary/aromatic N) is 1. The summed E-state index contributed by atoms with van der Waals surface area (Å²) in [5.74, 6) is -0.332. The Morgan fingerprint density at radius 3 is 2.57 bits per heavy atom. The van der Waals surface area contributed by atoms with Gasteiger partial charge in [-0.15, -0.1) is 11.3 Å². The minimum Gasteiger partial charge on any atom is -0.330 e. The third-order valence-corrected chi connectivity index (χ3v) is 4.72. The zero-order valence-corrected chi connectivity index (χ0v) is 13.0. The second-order valence-electron chi connectivity index (χ2n) is 4.42. The van der Waals surface area contributed by atoms with Crippen LogP contribution in [0.25, 0.3) is 0 Å². The number of thiazole rings is 1. The summed E-state index contributed by atoms with van der Waals surface area (Å²) >= 11 is 1.39. The fourth-order valence-corrected chi connectivity index (χ4v) is 3.06. The number of hydrogen-bond donors (Lipinski definition) is 2. The van der Waals surface area contributed by atoms with Gasteiger partial charge in [0.2, 0.25) is 0 Å². The van der Waals surface area contributed by atoms with Gasteiger partial charge in [-0.2, -0.15) is 0 Å². The standard InChI is InChI=1S/C13H15N3O3S2/c1-21(18,19)10-4-2-9(3-5-10)15-13(17)11-8-20-12(16-11)6-7-14/h2-5,8H,6-7,14H2,1H3,(H,15,17). The highest BCUT2D eigenvalue weighted by Crippen LogP contribution is 2.16. The minimum atomic E-state index is -3.24. The van der Waals surface area contributed by atoms with Crippen LogP contribution in [0.15, 0.2) is 34.5 Å². The third kappa shape index (κ3) is 4.10. The lowest BCUT2D eigenvalue weighted by Crippen LogP contribution is -2.13. The van der Waals surface area contributed by atoms with E-state index in [4.69, 9.17) is 5.73 Å². The molecule has 1 amide bonds. The van der Waals surface area contributed by atoms with Crippen LogP contribution in [0.4, 0.5) is 5.69 Å². The van der Waals surface area contributed by atoms with Crippen LogP contribution in [0.1, 0.15) is 15.5 Å². The molecule has 3 N–H and O–H groups in total. The number of amides is 1. The van der Waals surface area contributed by atoms with Crippen LogP contribution in [0, 0.1) is 0 Å². The van der Waals surface area contributed by atoms with Crippen LogP contribution >= 0.6 is 11.3 Å². The van der Waals surface area contributed by atoms with Crippen LogP contribution in [0.3, 0.4) is 0 Å². The van der Waals surface area contributed by atoms with Gasteiger partial charge in [-0.25, -0.2) is 13.4 Å². The van der Waals surface area contributed by atoms with Gasteiger partial charge in [0.05, 0.1) is 9.90 Å². The van der Waals surface area contributed by atoms with E-state index in [1.54, 1.807) is 17.5 Å². The molecule has 0 aliphatic carbocycles. The van der Waals surface area contributed by atoms with Gasteiger partial charge in [0.15, 0.2) is 9.84 Å². The molecule has 0 radical (unpaired) electrons. The monoisotopic (exact) mass is 325 g/mol. The molecule has 2 aromatic rings. The summed E-state index contributed by atoms with van der Waals surface area (Å²) in [4.78, 5) is 16.4. The molecule has 8 heteroatoms. The van der Waals surface area contributed by atoms with E-state index in [9.17, 15) is 13.2 Å². The number of anilines is 1. The Morgan fingerprint density at radius 2 is 2.00 bits per heavy atom. The van der Waals surface area contributed by atoms with Gasteiger partial charge < -0.3 is 11.1 Å². The van der Waals surface area contributed by atoms with E-state index in [2.05, 4.69) is 10.3 Å². The van der Waals surface area contributed by atoms with E-state index in [1.165, 1.54) is 23.5 Å². The fourth-order valence-electron chi connectivity index (χ4n) is 1.63. The second-order valence-corrected chi connectivity index (χ2v) is 7.37. The number of nitrogens with one attached hydrogen (secondary N) is 1. The minimum absolute atomic E-state index is 0.208. The zero-order valence-electron chi connectivity index (χ0n) is 11.4. The zero-order chi connectivity index (χ0) is 15.5. The SMILES string of the molecule is CS(=O)(=O)c1ccc(NC(=O)c2csc(CCN)n2)cc1. The lowest BCUT2D eigenvalue weighted by Gasteiger charge is -2.04. The molecule has 0 unspecified atom stereocenters. The van der Waals surface area contributed by atoms with Gasteiger partial charge >= 0.3 is 0 Å². The van der Waals surface area contributed by atoms with Crippen molar-refractivity contribution in [3.05, 3.63) is 40.3 Å². The smallest absolute Gasteiger partial charge is 0.275 e. The van der Waals surface area contributed by atoms with Crippen LogP contribution < -0.4 is 11.1 Å². The summed E-state index contributed by atoms with van der Waals surface area (Å²) in [5, 5.41) is 5.16. The van der Waals surface area contributed by atoms with E-state index in [1.807, 2.05) is 0 Å². The van der Waals surface area contributed by atoms with Crippen molar-refractivity contribution < 1.29 is 13.2 Å². The Morgan fingerprint density at radius 1 is 1.33 bits per heavy atom. The molecule has 1 aromatic carbocycles. The molecule has 2 rings (SSSR count). The number of rotatable bonds is 5. The average Bonchev–Trinajstić information content (AvgIpc) is 2.87. The Bertz CT molecular complexity index is 736. The molecular formula is C13H15N3O3S2. The second kappa shape index (κ2) is 6.33. The number of nitrogens with two attached hydrogens (primary N) is 1. The number of sulfone groups is 1. The largest absolute Gasteiger partial charge is 0.330 e. The first-order valence-electron chi connectivity index (χ1n) is 6.16. The molecule has 0 bridgehead atoms. The summed E-state index contributed by atoms with van der Waals surface area (Å²) in [6.45, 7) is 0.488. The maximum atomic E-state index is 12.0. The van der Waals surface area contributed by atoms with E-state index < -0.39 is 9.84 Å². The Hall–Kier alpha value is -1.77. The maximum Gasteiger partial charge on any atom is 0.275 e. The van der Waals surface area contributed by atoms with Crippen molar-refractivity contribution in [1.82, 2.24) is 4.98 Å². The molecule has 0 aliphatic heterocycles. The predicted molar refractivity (Wildman–Crippen MR) is 82.4 cm³/mol. The predicted octanol–water partition coefficient (Wildman–Crippen LogP) is 1.30. The van der Waals surface area contributed by atoms with Crippen molar-refractivity contribution in [2.24, 2.45) is 5.73 Å². The molecule has 1 aromatic heterocycles. The lowest BCUT2D eigenvalue weighted by molar-refractivity contribution is 0.102. The van der Waals surface area contributed by atoms with Gasteiger partial charge in [0, 0.05) is 23.7 Å². The molecule has 0 saturated heterocycles. The van der Waals surface area contributed by atoms with Gasteiger partial charge in [-0.3, -0.25) is 4.79 Å². The van der Waals surface area contributed by atoms with Crippen molar-refractivity contribution in [2.45, 2.75) is 11.3 Å². The highest BCUT2D eigenvalue weighted by Gasteiger charge is 2.12. The molecule has 0 spiro atoms. The lowest BCUT2D eigenvalue weighted by atomic mass is 10.3. The molecule has 0 fully saturated rings. The van der Waals surface area contributed by atoms with Gasteiger partial charge in [0.1, 0.15) is 5.69 Å². The molecule has 1 heterocycles. The van der Waals surface area contributed by atoms with E-state index in [-0.39, 0.29) is 10.8 Å². The molecule has 21 heavy (non-hydrogen) atoms. The van der Waals surface area contributed by atoms with Crippen LogP contribution in [-0.4, -0.2) is 32.1 Å². The van der Waals surface area contributed by atoms with Gasteiger partial charge in [0.25, 0.3) is 5.91 Å². The molecule has 6 nitrogen and oxygen atoms in total. The average molecular weight is 325 g/mol. The Kier molecular flexibility index (Phi) is 4.71. The first-order valence-corrected chi connectivity index (χ1v) is 8.93. The number of aromatic nitrogens is 1. The first kappa shape index (κ1) is 15.6. The Labute approximate surface area is 126 Å². The first-order chi connectivity index (χ1) is 9.90. The van der Waals surface area contributed by atoms with Crippen molar-refractivity contribution in [3.63, 3.8) is 0 Å². The summed E-state index contributed by atoms with van der Waals surface area (Å²) in [6, 6.07) is 5.99. The number of carbonyl (C=O) groups is 1. The topological polar surface area (TPSA) is 102 Å². The van der Waals surface area contributed by atoms with Crippen molar-refractivity contribution >= 4 is 32.8 Å². The van der Waals surface area contributed by atoms with E-state index in [0.29, 0.717) is 24.3 Å². The van der Waals surface area contributed by atoms with Crippen LogP contribution in [0.5, 0.6) is 0 Å². The Balaban J connectivity index is 2.08. The molecule has 0 saturated carbocycles. The van der Waals surface area contributed by atoms with Gasteiger partial charge in [-0.05, 0) is 30.8 Å². The van der Waals surface area contributed by atoms with Crippen molar-refractivity contribution in [3.8, 4) is 0 Å². The van der Waals surface area contributed by atoms with Crippen molar-refractivity contribution in [1.29, 1.82) is 0 Å². The van der Waals surface area contributed by atoms with E-state index >= 15 is 0 Å². The van der Waals surface area contributed by atoms with E-state index in [0.717, 1.165) is 11.3 Å². The highest BCUT2D eigenvalue weighted by atomic mass is 32.2. The molecular weight excluding hydrogens is 310 g/mol. The normalized spacial score (nSPS) is 11.3. The number of hydrogen-bond acceptors (Lipinski definition) is 6. The van der Waals surface area contributed by atoms with Crippen molar-refractivity contribution in [2.75, 3.05) is 18.1 Å². The molecule has 112 valence electrons. The maximum absolute atomic E-state index is 12.0. The summed E-state index contributed by atoms with van der Waals surface area (Å²) in [7, 11) is -3.24. The summed E-state index contributed by atoms with van der Waals surface area (Å²) < 4.78 is 22.7. The van der Waals surface area contributed by atoms with Crippen LogP contribution in [0.2, 0.25) is 0 Å². The highest BCUT2D eigenvalue weighted by molar-refractivity contribution is 7.90. The van der Waals surface area contributed by atoms with Crippen LogP contribution in [-0.2, 0) is 16.3 Å². The molecule has 0 aliphatic rings. The number of carbonyl (C=O) groups excluding carboxylic acids is 1.